The molecule has 0 radical (unpaired) electrons. The van der Waals surface area contributed by atoms with Crippen LogP contribution in [0.2, 0.25) is 0 Å². The number of benzene rings is 1. The number of methoxy groups -OCH3 is 1. The van der Waals surface area contributed by atoms with Crippen LogP contribution in [0.3, 0.4) is 0 Å². The molecule has 0 aromatic heterocycles. The van der Waals surface area contributed by atoms with E-state index < -0.39 is 5.97 Å². The van der Waals surface area contributed by atoms with Crippen LogP contribution in [0.25, 0.3) is 0 Å². The summed E-state index contributed by atoms with van der Waals surface area (Å²) in [4.78, 5) is 22.5. The fourth-order valence-electron chi connectivity index (χ4n) is 1.26. The van der Waals surface area contributed by atoms with Crippen molar-refractivity contribution in [2.24, 2.45) is 0 Å². The second kappa shape index (κ2) is 5.65. The zero-order valence-corrected chi connectivity index (χ0v) is 10.4. The normalized spacial score (nSPS) is 9.88. The van der Waals surface area contributed by atoms with Crippen LogP contribution >= 0.6 is 15.9 Å². The highest BCUT2D eigenvalue weighted by molar-refractivity contribution is 9.09. The Morgan fingerprint density at radius 1 is 1.44 bits per heavy atom. The third kappa shape index (κ3) is 3.06. The van der Waals surface area contributed by atoms with Gasteiger partial charge in [0.05, 0.1) is 18.0 Å². The highest BCUT2D eigenvalue weighted by Crippen LogP contribution is 2.16. The van der Waals surface area contributed by atoms with Crippen molar-refractivity contribution >= 4 is 33.4 Å². The summed E-state index contributed by atoms with van der Waals surface area (Å²) in [5, 5.41) is 0.273. The van der Waals surface area contributed by atoms with Crippen LogP contribution < -0.4 is 5.73 Å². The lowest BCUT2D eigenvalue weighted by Crippen LogP contribution is -2.08. The Bertz CT molecular complexity index is 418. The number of carbonyl (C=O) groups is 2. The van der Waals surface area contributed by atoms with E-state index in [1.807, 2.05) is 0 Å². The van der Waals surface area contributed by atoms with Crippen molar-refractivity contribution in [3.63, 3.8) is 0 Å². The number of nitrogen functional groups attached to an aromatic ring is 1. The molecule has 5 heteroatoms. The SMILES string of the molecule is COC(=O)c1ccc(N)c(CC(=O)CBr)c1. The standard InChI is InChI=1S/C11H12BrNO3/c1-16-11(15)7-2-3-10(13)8(4-7)5-9(14)6-12/h2-4H,5-6,13H2,1H3. The van der Waals surface area contributed by atoms with Gasteiger partial charge in [-0.1, -0.05) is 15.9 Å². The molecule has 4 nitrogen and oxygen atoms in total. The second-order valence-electron chi connectivity index (χ2n) is 3.25. The quantitative estimate of drug-likeness (QED) is 0.518. The van der Waals surface area contributed by atoms with Crippen molar-refractivity contribution in [1.82, 2.24) is 0 Å². The molecule has 0 aliphatic heterocycles. The molecule has 0 bridgehead atoms. The Kier molecular flexibility index (Phi) is 4.49. The van der Waals surface area contributed by atoms with E-state index >= 15 is 0 Å². The minimum atomic E-state index is -0.437. The lowest BCUT2D eigenvalue weighted by molar-refractivity contribution is -0.115. The van der Waals surface area contributed by atoms with Crippen LogP contribution in [0, 0.1) is 0 Å². The number of carbonyl (C=O) groups excluding carboxylic acids is 2. The van der Waals surface area contributed by atoms with Crippen LogP contribution in [0.1, 0.15) is 15.9 Å². The number of hydrogen-bond donors (Lipinski definition) is 1. The molecule has 1 rings (SSSR count). The molecular formula is C11H12BrNO3. The number of hydrogen-bond acceptors (Lipinski definition) is 4. The molecule has 1 aromatic rings. The number of rotatable bonds is 4. The van der Waals surface area contributed by atoms with E-state index in [2.05, 4.69) is 20.7 Å². The lowest BCUT2D eigenvalue weighted by Gasteiger charge is -2.06. The van der Waals surface area contributed by atoms with Gasteiger partial charge in [-0.15, -0.1) is 0 Å². The molecule has 0 heterocycles. The number of ketones is 1. The van der Waals surface area contributed by atoms with Gasteiger partial charge in [-0.25, -0.2) is 4.79 Å². The maximum absolute atomic E-state index is 11.3. The Labute approximate surface area is 102 Å². The number of ether oxygens (including phenoxy) is 1. The fraction of sp³-hybridized carbons (Fsp3) is 0.273. The van der Waals surface area contributed by atoms with Gasteiger partial charge in [0.2, 0.25) is 0 Å². The maximum atomic E-state index is 11.3. The van der Waals surface area contributed by atoms with Gasteiger partial charge < -0.3 is 10.5 Å². The summed E-state index contributed by atoms with van der Waals surface area (Å²) < 4.78 is 4.59. The summed E-state index contributed by atoms with van der Waals surface area (Å²) >= 11 is 3.08. The Morgan fingerprint density at radius 3 is 2.69 bits per heavy atom. The predicted octanol–water partition coefficient (Wildman–Crippen LogP) is 1.56. The maximum Gasteiger partial charge on any atom is 0.337 e. The summed E-state index contributed by atoms with van der Waals surface area (Å²) in [6, 6.07) is 4.76. The predicted molar refractivity (Wildman–Crippen MR) is 64.7 cm³/mol. The third-order valence-corrected chi connectivity index (χ3v) is 2.73. The van der Waals surface area contributed by atoms with E-state index in [-0.39, 0.29) is 17.5 Å². The molecule has 2 N–H and O–H groups in total. The first-order valence-electron chi connectivity index (χ1n) is 4.63. The summed E-state index contributed by atoms with van der Waals surface area (Å²) in [6.07, 6.45) is 0.210. The van der Waals surface area contributed by atoms with Gasteiger partial charge >= 0.3 is 5.97 Å². The highest BCUT2D eigenvalue weighted by atomic mass is 79.9. The van der Waals surface area contributed by atoms with Crippen LogP contribution in [0.4, 0.5) is 5.69 Å². The first-order valence-corrected chi connectivity index (χ1v) is 5.75. The number of anilines is 1. The number of alkyl halides is 1. The topological polar surface area (TPSA) is 69.4 Å². The summed E-state index contributed by atoms with van der Waals surface area (Å²) in [5.41, 5.74) is 7.26. The molecule has 0 spiro atoms. The zero-order valence-electron chi connectivity index (χ0n) is 8.83. The highest BCUT2D eigenvalue weighted by Gasteiger charge is 2.10. The molecule has 0 saturated heterocycles. The van der Waals surface area contributed by atoms with Gasteiger partial charge in [0.25, 0.3) is 0 Å². The Morgan fingerprint density at radius 2 is 2.12 bits per heavy atom. The smallest absolute Gasteiger partial charge is 0.337 e. The molecule has 0 atom stereocenters. The van der Waals surface area contributed by atoms with E-state index in [1.165, 1.54) is 7.11 Å². The average Bonchev–Trinajstić information content (AvgIpc) is 2.30. The molecule has 1 aromatic carbocycles. The zero-order chi connectivity index (χ0) is 12.1. The van der Waals surface area contributed by atoms with Crippen LogP contribution in [-0.4, -0.2) is 24.2 Å². The molecular weight excluding hydrogens is 274 g/mol. The van der Waals surface area contributed by atoms with E-state index in [4.69, 9.17) is 5.73 Å². The van der Waals surface area contributed by atoms with Crippen molar-refractivity contribution in [1.29, 1.82) is 0 Å². The van der Waals surface area contributed by atoms with Gasteiger partial charge in [-0.05, 0) is 23.8 Å². The molecule has 0 saturated carbocycles. The van der Waals surface area contributed by atoms with Gasteiger partial charge in [0.15, 0.2) is 0 Å². The van der Waals surface area contributed by atoms with Gasteiger partial charge in [-0.2, -0.15) is 0 Å². The second-order valence-corrected chi connectivity index (χ2v) is 3.81. The fourth-order valence-corrected chi connectivity index (χ4v) is 1.46. The minimum absolute atomic E-state index is 0.00807. The molecule has 0 fully saturated rings. The molecule has 16 heavy (non-hydrogen) atoms. The summed E-state index contributed by atoms with van der Waals surface area (Å²) in [6.45, 7) is 0. The van der Waals surface area contributed by atoms with Crippen molar-refractivity contribution in [3.8, 4) is 0 Å². The van der Waals surface area contributed by atoms with E-state index in [0.717, 1.165) is 0 Å². The monoisotopic (exact) mass is 285 g/mol. The summed E-state index contributed by atoms with van der Waals surface area (Å²) in [5.74, 6) is -0.429. The van der Waals surface area contributed by atoms with Gasteiger partial charge in [0.1, 0.15) is 5.78 Å². The molecule has 0 aliphatic carbocycles. The van der Waals surface area contributed by atoms with Crippen molar-refractivity contribution in [3.05, 3.63) is 29.3 Å². The number of nitrogens with two attached hydrogens (primary N) is 1. The molecule has 0 unspecified atom stereocenters. The van der Waals surface area contributed by atoms with Crippen LogP contribution in [0.15, 0.2) is 18.2 Å². The van der Waals surface area contributed by atoms with Crippen molar-refractivity contribution in [2.75, 3.05) is 18.2 Å². The van der Waals surface area contributed by atoms with Gasteiger partial charge in [-0.3, -0.25) is 4.79 Å². The summed E-state index contributed by atoms with van der Waals surface area (Å²) in [7, 11) is 1.31. The number of halogens is 1. The van der Waals surface area contributed by atoms with E-state index in [1.54, 1.807) is 18.2 Å². The van der Waals surface area contributed by atoms with E-state index in [0.29, 0.717) is 16.8 Å². The first-order chi connectivity index (χ1) is 7.58. The lowest BCUT2D eigenvalue weighted by atomic mass is 10.0. The van der Waals surface area contributed by atoms with Crippen molar-refractivity contribution < 1.29 is 14.3 Å². The van der Waals surface area contributed by atoms with Crippen molar-refractivity contribution in [2.45, 2.75) is 6.42 Å². The van der Waals surface area contributed by atoms with Gasteiger partial charge in [0, 0.05) is 12.1 Å². The van der Waals surface area contributed by atoms with E-state index in [9.17, 15) is 9.59 Å². The average molecular weight is 286 g/mol. The molecule has 86 valence electrons. The molecule has 0 aliphatic rings. The largest absolute Gasteiger partial charge is 0.465 e. The Hall–Kier alpha value is -1.36. The Balaban J connectivity index is 2.99. The number of esters is 1. The van der Waals surface area contributed by atoms with Crippen LogP contribution in [0.5, 0.6) is 0 Å². The molecule has 0 amide bonds. The first kappa shape index (κ1) is 12.7. The number of Topliss-reactive ketones (excluding diaryl/α,β-unsaturated/α-hetero) is 1. The third-order valence-electron chi connectivity index (χ3n) is 2.10. The minimum Gasteiger partial charge on any atom is -0.465 e. The van der Waals surface area contributed by atoms with Crippen LogP contribution in [-0.2, 0) is 16.0 Å².